The molecule has 6 heteroatoms. The highest BCUT2D eigenvalue weighted by Gasteiger charge is 2.09. The Labute approximate surface area is 113 Å². The van der Waals surface area contributed by atoms with Crippen LogP contribution in [0.4, 0.5) is 11.5 Å². The highest BCUT2D eigenvalue weighted by molar-refractivity contribution is 6.28. The number of anilines is 2. The number of likely N-dealkylation sites (tertiary alicyclic amines) is 1. The maximum atomic E-state index is 5.77. The van der Waals surface area contributed by atoms with Crippen molar-refractivity contribution in [3.8, 4) is 0 Å². The average Bonchev–Trinajstić information content (AvgIpc) is 2.62. The van der Waals surface area contributed by atoms with Crippen molar-refractivity contribution < 1.29 is 0 Å². The van der Waals surface area contributed by atoms with Crippen molar-refractivity contribution in [1.82, 2.24) is 14.9 Å². The number of hydrogen-bond donors (Lipinski definition) is 2. The van der Waals surface area contributed by atoms with E-state index in [-0.39, 0.29) is 5.28 Å². The van der Waals surface area contributed by atoms with Crippen LogP contribution in [0.2, 0.25) is 5.28 Å². The molecule has 0 aliphatic carbocycles. The van der Waals surface area contributed by atoms with E-state index in [9.17, 15) is 0 Å². The normalized spacial score (nSPS) is 17.4. The van der Waals surface area contributed by atoms with Gasteiger partial charge in [-0.25, -0.2) is 4.98 Å². The Morgan fingerprint density at radius 1 is 1.28 bits per heavy atom. The Morgan fingerprint density at radius 2 is 2.00 bits per heavy atom. The number of hydrogen-bond acceptors (Lipinski definition) is 5. The third-order valence-corrected chi connectivity index (χ3v) is 3.39. The highest BCUT2D eigenvalue weighted by atomic mass is 35.5. The third kappa shape index (κ3) is 3.99. The number of nitrogens with one attached hydrogen (secondary N) is 1. The van der Waals surface area contributed by atoms with Crippen LogP contribution in [0.3, 0.4) is 0 Å². The standard InChI is InChI=1S/C12H20ClN5/c13-12-16-9-10(14)11(17-12)15-5-8-18-6-3-1-2-4-7-18/h9H,1-8,14H2,(H,15,16,17). The van der Waals surface area contributed by atoms with Gasteiger partial charge in [-0.05, 0) is 37.5 Å². The summed E-state index contributed by atoms with van der Waals surface area (Å²) in [6.45, 7) is 4.24. The van der Waals surface area contributed by atoms with Gasteiger partial charge < -0.3 is 16.0 Å². The van der Waals surface area contributed by atoms with Crippen LogP contribution in [-0.4, -0.2) is 41.0 Å². The van der Waals surface area contributed by atoms with Gasteiger partial charge in [0.15, 0.2) is 5.82 Å². The van der Waals surface area contributed by atoms with Crippen LogP contribution in [0, 0.1) is 0 Å². The van der Waals surface area contributed by atoms with Crippen molar-refractivity contribution in [1.29, 1.82) is 0 Å². The summed E-state index contributed by atoms with van der Waals surface area (Å²) < 4.78 is 0. The van der Waals surface area contributed by atoms with Gasteiger partial charge in [0.25, 0.3) is 0 Å². The zero-order valence-corrected chi connectivity index (χ0v) is 11.3. The highest BCUT2D eigenvalue weighted by Crippen LogP contribution is 2.15. The summed E-state index contributed by atoms with van der Waals surface area (Å²) in [7, 11) is 0. The first-order chi connectivity index (χ1) is 8.75. The first-order valence-corrected chi connectivity index (χ1v) is 6.88. The lowest BCUT2D eigenvalue weighted by Crippen LogP contribution is -2.30. The molecule has 2 rings (SSSR count). The first kappa shape index (κ1) is 13.4. The summed E-state index contributed by atoms with van der Waals surface area (Å²) in [6, 6.07) is 0. The van der Waals surface area contributed by atoms with E-state index in [1.54, 1.807) is 0 Å². The number of nitrogen functional groups attached to an aromatic ring is 1. The zero-order chi connectivity index (χ0) is 12.8. The molecule has 1 saturated heterocycles. The molecular formula is C12H20ClN5. The molecule has 100 valence electrons. The molecule has 0 bridgehead atoms. The molecule has 0 radical (unpaired) electrons. The van der Waals surface area contributed by atoms with Gasteiger partial charge in [0.1, 0.15) is 0 Å². The van der Waals surface area contributed by atoms with E-state index in [4.69, 9.17) is 17.3 Å². The minimum atomic E-state index is 0.224. The Morgan fingerprint density at radius 3 is 2.72 bits per heavy atom. The smallest absolute Gasteiger partial charge is 0.224 e. The van der Waals surface area contributed by atoms with E-state index in [0.717, 1.165) is 13.1 Å². The lowest BCUT2D eigenvalue weighted by molar-refractivity contribution is 0.296. The fourth-order valence-electron chi connectivity index (χ4n) is 2.20. The Bertz CT molecular complexity index is 377. The van der Waals surface area contributed by atoms with Crippen LogP contribution >= 0.6 is 11.6 Å². The van der Waals surface area contributed by atoms with Gasteiger partial charge in [-0.15, -0.1) is 0 Å². The van der Waals surface area contributed by atoms with Crippen LogP contribution in [-0.2, 0) is 0 Å². The number of halogens is 1. The second-order valence-electron chi connectivity index (χ2n) is 4.63. The summed E-state index contributed by atoms with van der Waals surface area (Å²) in [6.07, 6.45) is 6.86. The molecular weight excluding hydrogens is 250 g/mol. The van der Waals surface area contributed by atoms with Crippen LogP contribution in [0.25, 0.3) is 0 Å². The summed E-state index contributed by atoms with van der Waals surface area (Å²) >= 11 is 5.74. The molecule has 1 fully saturated rings. The van der Waals surface area contributed by atoms with Gasteiger partial charge in [0.05, 0.1) is 11.9 Å². The molecule has 0 aromatic carbocycles. The van der Waals surface area contributed by atoms with Crippen molar-refractivity contribution in [2.45, 2.75) is 25.7 Å². The van der Waals surface area contributed by atoms with Crippen molar-refractivity contribution >= 4 is 23.1 Å². The molecule has 3 N–H and O–H groups in total. The van der Waals surface area contributed by atoms with Crippen LogP contribution in [0.5, 0.6) is 0 Å². The molecule has 0 unspecified atom stereocenters. The van der Waals surface area contributed by atoms with Crippen LogP contribution in [0.15, 0.2) is 6.20 Å². The first-order valence-electron chi connectivity index (χ1n) is 6.50. The van der Waals surface area contributed by atoms with Crippen molar-refractivity contribution in [3.63, 3.8) is 0 Å². The van der Waals surface area contributed by atoms with E-state index < -0.39 is 0 Å². The second-order valence-corrected chi connectivity index (χ2v) is 4.96. The third-order valence-electron chi connectivity index (χ3n) is 3.21. The van der Waals surface area contributed by atoms with Crippen molar-refractivity contribution in [3.05, 3.63) is 11.5 Å². The number of nitrogens with two attached hydrogens (primary N) is 1. The summed E-state index contributed by atoms with van der Waals surface area (Å²) in [5, 5.41) is 3.44. The predicted octanol–water partition coefficient (Wildman–Crippen LogP) is 2.00. The number of aromatic nitrogens is 2. The molecule has 1 aromatic rings. The largest absolute Gasteiger partial charge is 0.394 e. The van der Waals surface area contributed by atoms with E-state index in [0.29, 0.717) is 11.5 Å². The molecule has 2 heterocycles. The van der Waals surface area contributed by atoms with Gasteiger partial charge in [-0.3, -0.25) is 0 Å². The fraction of sp³-hybridized carbons (Fsp3) is 0.667. The summed E-state index contributed by atoms with van der Waals surface area (Å²) in [5.74, 6) is 0.629. The van der Waals surface area contributed by atoms with E-state index in [2.05, 4.69) is 20.2 Å². The van der Waals surface area contributed by atoms with Gasteiger partial charge in [0, 0.05) is 13.1 Å². The maximum Gasteiger partial charge on any atom is 0.224 e. The molecule has 18 heavy (non-hydrogen) atoms. The Balaban J connectivity index is 1.78. The molecule has 1 aromatic heterocycles. The molecule has 0 amide bonds. The molecule has 0 spiro atoms. The zero-order valence-electron chi connectivity index (χ0n) is 10.5. The van der Waals surface area contributed by atoms with E-state index >= 15 is 0 Å². The van der Waals surface area contributed by atoms with Crippen LogP contribution in [0.1, 0.15) is 25.7 Å². The minimum Gasteiger partial charge on any atom is -0.394 e. The predicted molar refractivity (Wildman–Crippen MR) is 74.9 cm³/mol. The molecule has 1 aliphatic rings. The summed E-state index contributed by atoms with van der Waals surface area (Å²) in [4.78, 5) is 10.4. The molecule has 0 atom stereocenters. The van der Waals surface area contributed by atoms with Gasteiger partial charge >= 0.3 is 0 Å². The lowest BCUT2D eigenvalue weighted by Gasteiger charge is -2.20. The molecule has 0 saturated carbocycles. The Hall–Kier alpha value is -1.07. The topological polar surface area (TPSA) is 67.1 Å². The number of rotatable bonds is 4. The van der Waals surface area contributed by atoms with Crippen LogP contribution < -0.4 is 11.1 Å². The van der Waals surface area contributed by atoms with Crippen molar-refractivity contribution in [2.24, 2.45) is 0 Å². The minimum absolute atomic E-state index is 0.224. The monoisotopic (exact) mass is 269 g/mol. The van der Waals surface area contributed by atoms with Crippen molar-refractivity contribution in [2.75, 3.05) is 37.2 Å². The average molecular weight is 270 g/mol. The Kier molecular flexibility index (Phi) is 5.01. The lowest BCUT2D eigenvalue weighted by atomic mass is 10.2. The maximum absolute atomic E-state index is 5.77. The van der Waals surface area contributed by atoms with E-state index in [1.165, 1.54) is 45.0 Å². The molecule has 1 aliphatic heterocycles. The van der Waals surface area contributed by atoms with Gasteiger partial charge in [0.2, 0.25) is 5.28 Å². The summed E-state index contributed by atoms with van der Waals surface area (Å²) in [5.41, 5.74) is 6.31. The second kappa shape index (κ2) is 6.75. The quantitative estimate of drug-likeness (QED) is 0.819. The molecule has 5 nitrogen and oxygen atoms in total. The fourth-order valence-corrected chi connectivity index (χ4v) is 2.34. The SMILES string of the molecule is Nc1cnc(Cl)nc1NCCN1CCCCCC1. The van der Waals surface area contributed by atoms with Gasteiger partial charge in [-0.2, -0.15) is 4.98 Å². The van der Waals surface area contributed by atoms with E-state index in [1.807, 2.05) is 0 Å². The van der Waals surface area contributed by atoms with Gasteiger partial charge in [-0.1, -0.05) is 12.8 Å². The number of nitrogens with zero attached hydrogens (tertiary/aromatic N) is 3.